The van der Waals surface area contributed by atoms with Crippen LogP contribution in [0, 0.1) is 0 Å². The first-order valence-electron chi connectivity index (χ1n) is 3.71. The van der Waals surface area contributed by atoms with Crippen molar-refractivity contribution in [2.75, 3.05) is 0 Å². The topological polar surface area (TPSA) is 72.7 Å². The van der Waals surface area contributed by atoms with Crippen molar-refractivity contribution in [1.29, 1.82) is 0 Å². The molecule has 2 rings (SSSR count). The fourth-order valence-corrected chi connectivity index (χ4v) is 1.26. The molecule has 1 N–H and O–H groups in total. The molecule has 0 aliphatic rings. The fraction of sp³-hybridized carbons (Fsp3) is 0.286. The number of aromatic nitrogens is 4. The molecule has 0 saturated heterocycles. The van der Waals surface area contributed by atoms with E-state index < -0.39 is 11.2 Å². The first-order chi connectivity index (χ1) is 6.11. The van der Waals surface area contributed by atoms with Crippen molar-refractivity contribution in [1.82, 2.24) is 19.1 Å². The van der Waals surface area contributed by atoms with Crippen LogP contribution in [-0.2, 0) is 14.1 Å². The fourth-order valence-electron chi connectivity index (χ4n) is 1.26. The molecule has 0 aromatic carbocycles. The Morgan fingerprint density at radius 3 is 2.64 bits per heavy atom. The van der Waals surface area contributed by atoms with Crippen molar-refractivity contribution >= 4 is 40.7 Å². The number of nitrogens with zero attached hydrogens (tertiary/aromatic N) is 3. The van der Waals surface area contributed by atoms with Gasteiger partial charge in [-0.05, 0) is 0 Å². The second kappa shape index (κ2) is 3.72. The average Bonchev–Trinajstić information content (AvgIpc) is 2.44. The van der Waals surface area contributed by atoms with Crippen LogP contribution in [0.4, 0.5) is 0 Å². The molecule has 7 heteroatoms. The molecule has 0 atom stereocenters. The van der Waals surface area contributed by atoms with Crippen molar-refractivity contribution in [2.45, 2.75) is 0 Å². The van der Waals surface area contributed by atoms with Crippen LogP contribution < -0.4 is 11.2 Å². The number of H-pyrrole nitrogens is 1. The number of fused-ring (bicyclic) bond motifs is 1. The summed E-state index contributed by atoms with van der Waals surface area (Å²) in [4.78, 5) is 28.6. The molecule has 0 fully saturated rings. The number of aromatic amines is 1. The zero-order valence-electron chi connectivity index (χ0n) is 7.24. The van der Waals surface area contributed by atoms with E-state index >= 15 is 0 Å². The molecule has 0 bridgehead atoms. The molecule has 0 unspecified atom stereocenters. The van der Waals surface area contributed by atoms with E-state index in [0.717, 1.165) is 0 Å². The standard InChI is InChI=1S/C7H8N4O2.Na.H/c1-10-3-8-5-4(10)6(12)9-7(13)11(5)2;;/h3H,1-2H3,(H,9,12,13);;. The summed E-state index contributed by atoms with van der Waals surface area (Å²) in [6.07, 6.45) is 1.50. The molecule has 0 spiro atoms. The minimum atomic E-state index is -0.448. The Morgan fingerprint density at radius 2 is 2.00 bits per heavy atom. The van der Waals surface area contributed by atoms with Crippen molar-refractivity contribution < 1.29 is 0 Å². The third-order valence-corrected chi connectivity index (χ3v) is 1.98. The molecule has 2 heterocycles. The Bertz CT molecular complexity index is 579. The third-order valence-electron chi connectivity index (χ3n) is 1.98. The van der Waals surface area contributed by atoms with E-state index in [1.807, 2.05) is 0 Å². The van der Waals surface area contributed by atoms with Gasteiger partial charge in [0.2, 0.25) is 0 Å². The second-order valence-electron chi connectivity index (χ2n) is 2.85. The summed E-state index contributed by atoms with van der Waals surface area (Å²) in [5.41, 5.74) is -0.0485. The van der Waals surface area contributed by atoms with E-state index in [2.05, 4.69) is 9.97 Å². The zero-order valence-corrected chi connectivity index (χ0v) is 7.24. The monoisotopic (exact) mass is 204 g/mol. The first-order valence-corrected chi connectivity index (χ1v) is 3.71. The van der Waals surface area contributed by atoms with Gasteiger partial charge in [-0.2, -0.15) is 0 Å². The van der Waals surface area contributed by atoms with Gasteiger partial charge in [-0.1, -0.05) is 0 Å². The van der Waals surface area contributed by atoms with E-state index in [1.54, 1.807) is 18.7 Å². The van der Waals surface area contributed by atoms with Crippen LogP contribution in [0.1, 0.15) is 0 Å². The summed E-state index contributed by atoms with van der Waals surface area (Å²) in [7, 11) is 3.27. The van der Waals surface area contributed by atoms with Gasteiger partial charge >= 0.3 is 35.2 Å². The predicted molar refractivity (Wildman–Crippen MR) is 53.7 cm³/mol. The van der Waals surface area contributed by atoms with Gasteiger partial charge in [0.1, 0.15) is 0 Å². The van der Waals surface area contributed by atoms with E-state index in [0.29, 0.717) is 11.2 Å². The molecule has 2 aromatic rings. The second-order valence-corrected chi connectivity index (χ2v) is 2.85. The molecular formula is C7H9N4NaO2. The van der Waals surface area contributed by atoms with Gasteiger partial charge in [-0.15, -0.1) is 0 Å². The van der Waals surface area contributed by atoms with E-state index in [4.69, 9.17) is 0 Å². The van der Waals surface area contributed by atoms with Crippen LogP contribution >= 0.6 is 0 Å². The minimum absolute atomic E-state index is 0. The maximum atomic E-state index is 11.3. The molecular weight excluding hydrogens is 195 g/mol. The Morgan fingerprint density at radius 1 is 1.36 bits per heavy atom. The van der Waals surface area contributed by atoms with Gasteiger partial charge in [-0.25, -0.2) is 9.78 Å². The zero-order chi connectivity index (χ0) is 9.59. The Hall–Kier alpha value is -0.850. The Balaban J connectivity index is 0.000000980. The molecule has 0 amide bonds. The summed E-state index contributed by atoms with van der Waals surface area (Å²) in [5.74, 6) is 0. The number of imidazole rings is 1. The first kappa shape index (κ1) is 11.2. The van der Waals surface area contributed by atoms with Crippen LogP contribution in [0.15, 0.2) is 15.9 Å². The normalized spacial score (nSPS) is 10.1. The van der Waals surface area contributed by atoms with Gasteiger partial charge < -0.3 is 4.57 Å². The van der Waals surface area contributed by atoms with Crippen LogP contribution in [0.3, 0.4) is 0 Å². The summed E-state index contributed by atoms with van der Waals surface area (Å²) >= 11 is 0. The van der Waals surface area contributed by atoms with Crippen molar-refractivity contribution in [3.63, 3.8) is 0 Å². The summed E-state index contributed by atoms with van der Waals surface area (Å²) in [5, 5.41) is 0. The van der Waals surface area contributed by atoms with E-state index in [1.165, 1.54) is 10.9 Å². The number of hydrogen-bond donors (Lipinski definition) is 1. The van der Waals surface area contributed by atoms with Crippen molar-refractivity contribution in [3.05, 3.63) is 27.2 Å². The maximum absolute atomic E-state index is 11.3. The summed E-state index contributed by atoms with van der Waals surface area (Å²) in [6, 6.07) is 0. The molecule has 70 valence electrons. The molecule has 0 aliphatic carbocycles. The molecule has 0 saturated carbocycles. The molecule has 6 nitrogen and oxygen atoms in total. The van der Waals surface area contributed by atoms with Crippen molar-refractivity contribution in [3.8, 4) is 0 Å². The summed E-state index contributed by atoms with van der Waals surface area (Å²) < 4.78 is 2.88. The van der Waals surface area contributed by atoms with Crippen molar-refractivity contribution in [2.24, 2.45) is 14.1 Å². The molecule has 0 radical (unpaired) electrons. The van der Waals surface area contributed by atoms with Gasteiger partial charge in [0.15, 0.2) is 11.2 Å². The SMILES string of the molecule is Cn1cnc2c1c(=O)[nH]c(=O)n2C.[NaH]. The van der Waals surface area contributed by atoms with Gasteiger partial charge in [0.05, 0.1) is 6.33 Å². The van der Waals surface area contributed by atoms with Crippen LogP contribution in [-0.4, -0.2) is 48.7 Å². The molecule has 2 aromatic heterocycles. The van der Waals surface area contributed by atoms with Crippen LogP contribution in [0.2, 0.25) is 0 Å². The van der Waals surface area contributed by atoms with E-state index in [9.17, 15) is 9.59 Å². The predicted octanol–water partition coefficient (Wildman–Crippen LogP) is -1.69. The van der Waals surface area contributed by atoms with Gasteiger partial charge in [-0.3, -0.25) is 14.3 Å². The third kappa shape index (κ3) is 1.45. The Labute approximate surface area is 101 Å². The molecule has 14 heavy (non-hydrogen) atoms. The number of rotatable bonds is 0. The average molecular weight is 204 g/mol. The van der Waals surface area contributed by atoms with Crippen LogP contribution in [0.25, 0.3) is 11.2 Å². The number of aryl methyl sites for hydroxylation is 2. The van der Waals surface area contributed by atoms with Gasteiger partial charge in [0, 0.05) is 14.1 Å². The molecule has 0 aliphatic heterocycles. The van der Waals surface area contributed by atoms with E-state index in [-0.39, 0.29) is 29.6 Å². The number of hydrogen-bond acceptors (Lipinski definition) is 3. The van der Waals surface area contributed by atoms with Gasteiger partial charge in [0.25, 0.3) is 5.56 Å². The Kier molecular flexibility index (Phi) is 2.98. The van der Waals surface area contributed by atoms with Crippen LogP contribution in [0.5, 0.6) is 0 Å². The number of nitrogens with one attached hydrogen (secondary N) is 1. The quantitative estimate of drug-likeness (QED) is 0.520. The summed E-state index contributed by atoms with van der Waals surface area (Å²) in [6.45, 7) is 0.